The minimum absolute atomic E-state index is 0.0124. The van der Waals surface area contributed by atoms with Gasteiger partial charge in [-0.1, -0.05) is 42.4 Å². The third-order valence-electron chi connectivity index (χ3n) is 3.08. The van der Waals surface area contributed by atoms with Crippen molar-refractivity contribution in [1.29, 1.82) is 0 Å². The first-order valence-corrected chi connectivity index (χ1v) is 8.84. The van der Waals surface area contributed by atoms with Crippen LogP contribution in [0.5, 0.6) is 0 Å². The number of amides is 1. The molecule has 0 aliphatic heterocycles. The maximum absolute atomic E-state index is 12.9. The lowest BCUT2D eigenvalue weighted by atomic mass is 10.0. The molecular weight excluding hydrogens is 332 g/mol. The molecule has 132 valence electrons. The molecule has 0 aliphatic carbocycles. The van der Waals surface area contributed by atoms with Gasteiger partial charge in [0.25, 0.3) is 15.9 Å². The van der Waals surface area contributed by atoms with Crippen LogP contribution in [0.3, 0.4) is 0 Å². The van der Waals surface area contributed by atoms with Gasteiger partial charge in [0.05, 0.1) is 4.90 Å². The summed E-state index contributed by atoms with van der Waals surface area (Å²) in [6, 6.07) is 6.40. The Kier molecular flexibility index (Phi) is 7.88. The monoisotopic (exact) mass is 354 g/mol. The summed E-state index contributed by atoms with van der Waals surface area (Å²) in [4.78, 5) is 17.3. The summed E-state index contributed by atoms with van der Waals surface area (Å²) in [6.07, 6.45) is 0.165. The molecule has 24 heavy (non-hydrogen) atoms. The quantitative estimate of drug-likeness (QED) is 0.419. The summed E-state index contributed by atoms with van der Waals surface area (Å²) in [5, 5.41) is 8.97. The smallest absolute Gasteiger partial charge is 0.265 e. The first kappa shape index (κ1) is 20.1. The first-order valence-electron chi connectivity index (χ1n) is 7.40. The van der Waals surface area contributed by atoms with E-state index in [-0.39, 0.29) is 23.8 Å². The Hall–Kier alpha value is -1.92. The van der Waals surface area contributed by atoms with E-state index < -0.39 is 22.0 Å². The zero-order valence-corrected chi connectivity index (χ0v) is 14.7. The number of benzene rings is 1. The van der Waals surface area contributed by atoms with E-state index in [2.05, 4.69) is 11.8 Å². The molecule has 0 saturated heterocycles. The molecule has 0 fully saturated rings. The Morgan fingerprint density at radius 3 is 2.46 bits per heavy atom. The number of nitrogens with one attached hydrogen (secondary N) is 1. The number of carbonyl (C=O) groups is 1. The maximum Gasteiger partial charge on any atom is 0.265 e. The van der Waals surface area contributed by atoms with Crippen molar-refractivity contribution in [3.63, 3.8) is 0 Å². The lowest BCUT2D eigenvalue weighted by Crippen LogP contribution is -2.49. The van der Waals surface area contributed by atoms with Crippen LogP contribution >= 0.6 is 0 Å². The van der Waals surface area contributed by atoms with Crippen molar-refractivity contribution in [3.05, 3.63) is 30.3 Å². The van der Waals surface area contributed by atoms with Crippen LogP contribution in [-0.2, 0) is 19.7 Å². The second-order valence-electron chi connectivity index (χ2n) is 5.40. The van der Waals surface area contributed by atoms with E-state index in [1.165, 1.54) is 17.6 Å². The van der Waals surface area contributed by atoms with Gasteiger partial charge in [0, 0.05) is 0 Å². The molecule has 0 aliphatic rings. The molecule has 0 saturated carbocycles. The van der Waals surface area contributed by atoms with Gasteiger partial charge in [0.2, 0.25) is 0 Å². The van der Waals surface area contributed by atoms with Gasteiger partial charge in [-0.05, 0) is 31.4 Å². The van der Waals surface area contributed by atoms with Crippen molar-refractivity contribution in [2.45, 2.75) is 38.1 Å². The molecule has 0 spiro atoms. The van der Waals surface area contributed by atoms with Gasteiger partial charge < -0.3 is 0 Å². The van der Waals surface area contributed by atoms with Crippen LogP contribution in [-0.4, -0.2) is 36.6 Å². The van der Waals surface area contributed by atoms with Gasteiger partial charge in [-0.2, -0.15) is 0 Å². The van der Waals surface area contributed by atoms with Crippen LogP contribution in [0.25, 0.3) is 0 Å². The summed E-state index contributed by atoms with van der Waals surface area (Å²) in [6.45, 7) is 5.05. The molecule has 1 aromatic carbocycles. The average Bonchev–Trinajstić information content (AvgIpc) is 2.57. The molecule has 7 nitrogen and oxygen atoms in total. The third-order valence-corrected chi connectivity index (χ3v) is 4.78. The van der Waals surface area contributed by atoms with Gasteiger partial charge >= 0.3 is 0 Å². The molecule has 0 heterocycles. The highest BCUT2D eigenvalue weighted by molar-refractivity contribution is 7.89. The van der Waals surface area contributed by atoms with Crippen LogP contribution in [0.1, 0.15) is 27.2 Å². The van der Waals surface area contributed by atoms with Crippen molar-refractivity contribution in [2.75, 3.05) is 6.61 Å². The van der Waals surface area contributed by atoms with Gasteiger partial charge in [-0.25, -0.2) is 13.9 Å². The standard InChI is InChI=1S/C16H22N2O5S/c1-4-5-11-23-18(15(12-13(2)3)16(19)17-20)24(21,22)14-9-7-6-8-10-14/h6-10,13,15,20H,11-12H2,1-3H3,(H,17,19). The second kappa shape index (κ2) is 9.39. The molecular formula is C16H22N2O5S. The van der Waals surface area contributed by atoms with Crippen LogP contribution in [0.2, 0.25) is 0 Å². The molecule has 1 amide bonds. The van der Waals surface area contributed by atoms with E-state index >= 15 is 0 Å². The molecule has 1 unspecified atom stereocenters. The van der Waals surface area contributed by atoms with Crippen LogP contribution in [0, 0.1) is 17.8 Å². The van der Waals surface area contributed by atoms with E-state index in [0.29, 0.717) is 4.47 Å². The van der Waals surface area contributed by atoms with E-state index in [1.54, 1.807) is 25.1 Å². The normalized spacial score (nSPS) is 12.6. The van der Waals surface area contributed by atoms with Crippen LogP contribution < -0.4 is 5.48 Å². The minimum atomic E-state index is -4.11. The lowest BCUT2D eigenvalue weighted by Gasteiger charge is -2.28. The molecule has 2 N–H and O–H groups in total. The predicted molar refractivity (Wildman–Crippen MR) is 88.0 cm³/mol. The second-order valence-corrected chi connectivity index (χ2v) is 7.18. The SMILES string of the molecule is CC#CCON(C(CC(C)C)C(=O)NO)S(=O)(=O)c1ccccc1. The predicted octanol–water partition coefficient (Wildman–Crippen LogP) is 1.55. The van der Waals surface area contributed by atoms with Crippen molar-refractivity contribution < 1.29 is 23.3 Å². The Labute approximate surface area is 142 Å². The first-order chi connectivity index (χ1) is 11.3. The minimum Gasteiger partial charge on any atom is -0.289 e. The fraction of sp³-hybridized carbons (Fsp3) is 0.438. The van der Waals surface area contributed by atoms with Crippen molar-refractivity contribution in [1.82, 2.24) is 9.95 Å². The number of hydroxylamine groups is 2. The zero-order valence-electron chi connectivity index (χ0n) is 13.9. The maximum atomic E-state index is 12.9. The third kappa shape index (κ3) is 5.32. The van der Waals surface area contributed by atoms with Crippen LogP contribution in [0.4, 0.5) is 0 Å². The summed E-state index contributed by atoms with van der Waals surface area (Å²) >= 11 is 0. The summed E-state index contributed by atoms with van der Waals surface area (Å²) in [7, 11) is -4.11. The van der Waals surface area contributed by atoms with Crippen molar-refractivity contribution in [3.8, 4) is 11.8 Å². The fourth-order valence-electron chi connectivity index (χ4n) is 2.00. The Morgan fingerprint density at radius 2 is 1.96 bits per heavy atom. The fourth-order valence-corrected chi connectivity index (χ4v) is 3.42. The van der Waals surface area contributed by atoms with Crippen molar-refractivity contribution in [2.24, 2.45) is 5.92 Å². The van der Waals surface area contributed by atoms with Gasteiger partial charge in [0.1, 0.15) is 12.6 Å². The number of carbonyl (C=O) groups excluding carboxylic acids is 1. The number of sulfonamides is 1. The number of hydrogen-bond acceptors (Lipinski definition) is 5. The lowest BCUT2D eigenvalue weighted by molar-refractivity contribution is -0.152. The highest BCUT2D eigenvalue weighted by Crippen LogP contribution is 2.22. The van der Waals surface area contributed by atoms with E-state index in [9.17, 15) is 13.2 Å². The highest BCUT2D eigenvalue weighted by Gasteiger charge is 2.37. The molecule has 0 radical (unpaired) electrons. The van der Waals surface area contributed by atoms with Gasteiger partial charge in [0.15, 0.2) is 0 Å². The zero-order chi connectivity index (χ0) is 18.2. The summed E-state index contributed by atoms with van der Waals surface area (Å²) in [5.41, 5.74) is 1.50. The number of nitrogens with zero attached hydrogens (tertiary/aromatic N) is 1. The molecule has 1 rings (SSSR count). The Bertz CT molecular complexity index is 692. The molecule has 1 aromatic rings. The van der Waals surface area contributed by atoms with Crippen molar-refractivity contribution >= 4 is 15.9 Å². The van der Waals surface area contributed by atoms with E-state index in [4.69, 9.17) is 10.0 Å². The van der Waals surface area contributed by atoms with E-state index in [0.717, 1.165) is 0 Å². The Morgan fingerprint density at radius 1 is 1.33 bits per heavy atom. The number of hydrogen-bond donors (Lipinski definition) is 2. The average molecular weight is 354 g/mol. The highest BCUT2D eigenvalue weighted by atomic mass is 32.2. The molecule has 0 bridgehead atoms. The summed E-state index contributed by atoms with van der Waals surface area (Å²) < 4.78 is 26.3. The van der Waals surface area contributed by atoms with Crippen LogP contribution in [0.15, 0.2) is 35.2 Å². The number of rotatable bonds is 8. The summed E-state index contributed by atoms with van der Waals surface area (Å²) in [5.74, 6) is 4.31. The van der Waals surface area contributed by atoms with Gasteiger partial charge in [-0.15, -0.1) is 5.92 Å². The van der Waals surface area contributed by atoms with Gasteiger partial charge in [-0.3, -0.25) is 14.8 Å². The molecule has 0 aromatic heterocycles. The largest absolute Gasteiger partial charge is 0.289 e. The topological polar surface area (TPSA) is 95.9 Å². The van der Waals surface area contributed by atoms with E-state index in [1.807, 2.05) is 13.8 Å². The Balaban J connectivity index is 3.30. The molecule has 8 heteroatoms. The molecule has 1 atom stereocenters.